The third-order valence-electron chi connectivity index (χ3n) is 2.64. The molecule has 0 aromatic heterocycles. The Morgan fingerprint density at radius 2 is 1.75 bits per heavy atom. The van der Waals surface area contributed by atoms with Crippen molar-refractivity contribution >= 4 is 11.6 Å². The second-order valence-corrected chi connectivity index (χ2v) is 5.99. The fraction of sp³-hybridized carbons (Fsp3) is 0.533. The zero-order valence-electron chi connectivity index (χ0n) is 12.4. The van der Waals surface area contributed by atoms with Crippen LogP contribution in [0.3, 0.4) is 0 Å². The summed E-state index contributed by atoms with van der Waals surface area (Å²) in [6.45, 7) is 8.70. The minimum Gasteiger partial charge on any atom is -0.380 e. The van der Waals surface area contributed by atoms with Gasteiger partial charge in [0.2, 0.25) is 0 Å². The fourth-order valence-corrected chi connectivity index (χ4v) is 1.57. The number of amides is 1. The van der Waals surface area contributed by atoms with Crippen molar-refractivity contribution in [1.82, 2.24) is 5.32 Å². The van der Waals surface area contributed by atoms with Crippen molar-refractivity contribution in [2.24, 2.45) is 5.41 Å². The normalized spacial score (nSPS) is 11.3. The Labute approximate surface area is 118 Å². The zero-order valence-corrected chi connectivity index (χ0v) is 12.4. The SMILES string of the molecule is CCCNc1c(F)cc(C(=O)NCC(C)(C)C)cc1F. The minimum absolute atomic E-state index is 0.00806. The summed E-state index contributed by atoms with van der Waals surface area (Å²) in [5.74, 6) is -1.97. The Bertz CT molecular complexity index is 458. The molecule has 0 aliphatic heterocycles. The van der Waals surface area contributed by atoms with Gasteiger partial charge < -0.3 is 10.6 Å². The third kappa shape index (κ3) is 4.79. The van der Waals surface area contributed by atoms with Gasteiger partial charge in [-0.1, -0.05) is 27.7 Å². The first-order valence-electron chi connectivity index (χ1n) is 6.75. The van der Waals surface area contributed by atoms with Gasteiger partial charge in [-0.2, -0.15) is 0 Å². The fourth-order valence-electron chi connectivity index (χ4n) is 1.57. The van der Waals surface area contributed by atoms with Gasteiger partial charge in [-0.25, -0.2) is 8.78 Å². The average molecular weight is 284 g/mol. The van der Waals surface area contributed by atoms with Gasteiger partial charge in [0, 0.05) is 18.7 Å². The molecule has 1 aromatic carbocycles. The van der Waals surface area contributed by atoms with E-state index in [4.69, 9.17) is 0 Å². The number of hydrogen-bond donors (Lipinski definition) is 2. The molecular formula is C15H22F2N2O. The second kappa shape index (κ2) is 6.68. The van der Waals surface area contributed by atoms with Gasteiger partial charge in [-0.15, -0.1) is 0 Å². The zero-order chi connectivity index (χ0) is 15.3. The maximum atomic E-state index is 13.8. The van der Waals surface area contributed by atoms with Crippen molar-refractivity contribution in [3.05, 3.63) is 29.3 Å². The van der Waals surface area contributed by atoms with Crippen LogP contribution in [-0.2, 0) is 0 Å². The van der Waals surface area contributed by atoms with Crippen molar-refractivity contribution in [2.75, 3.05) is 18.4 Å². The van der Waals surface area contributed by atoms with E-state index >= 15 is 0 Å². The lowest BCUT2D eigenvalue weighted by molar-refractivity contribution is 0.0938. The number of halogens is 2. The quantitative estimate of drug-likeness (QED) is 0.868. The van der Waals surface area contributed by atoms with Crippen molar-refractivity contribution in [1.29, 1.82) is 0 Å². The van der Waals surface area contributed by atoms with Crippen LogP contribution in [0.2, 0.25) is 0 Å². The molecule has 0 unspecified atom stereocenters. The summed E-state index contributed by atoms with van der Waals surface area (Å²) in [7, 11) is 0. The molecule has 112 valence electrons. The molecule has 0 saturated heterocycles. The second-order valence-electron chi connectivity index (χ2n) is 5.99. The van der Waals surface area contributed by atoms with Crippen LogP contribution in [0.5, 0.6) is 0 Å². The maximum Gasteiger partial charge on any atom is 0.251 e. The molecule has 0 radical (unpaired) electrons. The highest BCUT2D eigenvalue weighted by Crippen LogP contribution is 2.21. The first-order valence-corrected chi connectivity index (χ1v) is 6.75. The smallest absolute Gasteiger partial charge is 0.251 e. The molecule has 0 aliphatic carbocycles. The van der Waals surface area contributed by atoms with Gasteiger partial charge >= 0.3 is 0 Å². The molecule has 2 N–H and O–H groups in total. The Hall–Kier alpha value is -1.65. The summed E-state index contributed by atoms with van der Waals surface area (Å²) in [4.78, 5) is 11.9. The molecule has 0 fully saturated rings. The first kappa shape index (κ1) is 16.4. The number of anilines is 1. The molecule has 0 bridgehead atoms. The van der Waals surface area contributed by atoms with Crippen LogP contribution < -0.4 is 10.6 Å². The number of hydrogen-bond acceptors (Lipinski definition) is 2. The van der Waals surface area contributed by atoms with Crippen molar-refractivity contribution < 1.29 is 13.6 Å². The topological polar surface area (TPSA) is 41.1 Å². The summed E-state index contributed by atoms with van der Waals surface area (Å²) < 4.78 is 27.6. The van der Waals surface area contributed by atoms with Crippen molar-refractivity contribution in [3.8, 4) is 0 Å². The average Bonchev–Trinajstić information content (AvgIpc) is 2.34. The van der Waals surface area contributed by atoms with Crippen LogP contribution in [0.4, 0.5) is 14.5 Å². The molecule has 1 aromatic rings. The minimum atomic E-state index is -0.751. The summed E-state index contributed by atoms with van der Waals surface area (Å²) in [6, 6.07) is 2.11. The van der Waals surface area contributed by atoms with E-state index in [1.807, 2.05) is 27.7 Å². The molecule has 0 aliphatic rings. The summed E-state index contributed by atoms with van der Waals surface area (Å²) in [5, 5.41) is 5.33. The molecule has 0 spiro atoms. The Balaban J connectivity index is 2.85. The number of nitrogens with one attached hydrogen (secondary N) is 2. The summed E-state index contributed by atoms with van der Waals surface area (Å²) >= 11 is 0. The third-order valence-corrected chi connectivity index (χ3v) is 2.64. The van der Waals surface area contributed by atoms with Crippen LogP contribution in [0, 0.1) is 17.0 Å². The molecule has 20 heavy (non-hydrogen) atoms. The lowest BCUT2D eigenvalue weighted by atomic mass is 9.97. The first-order chi connectivity index (χ1) is 9.24. The van der Waals surface area contributed by atoms with Gasteiger partial charge in [0.1, 0.15) is 17.3 Å². The standard InChI is InChI=1S/C15H22F2N2O/c1-5-6-18-13-11(16)7-10(8-12(13)17)14(20)19-9-15(2,3)4/h7-8,18H,5-6,9H2,1-4H3,(H,19,20). The molecule has 5 heteroatoms. The molecule has 3 nitrogen and oxygen atoms in total. The van der Waals surface area contributed by atoms with E-state index in [1.165, 1.54) is 0 Å². The largest absolute Gasteiger partial charge is 0.380 e. The van der Waals surface area contributed by atoms with Gasteiger partial charge in [0.05, 0.1) is 0 Å². The van der Waals surface area contributed by atoms with Crippen LogP contribution in [0.25, 0.3) is 0 Å². The molecule has 0 atom stereocenters. The van der Waals surface area contributed by atoms with E-state index < -0.39 is 17.5 Å². The highest BCUT2D eigenvalue weighted by atomic mass is 19.1. The molecule has 1 rings (SSSR count). The van der Waals surface area contributed by atoms with Gasteiger partial charge in [0.15, 0.2) is 0 Å². The van der Waals surface area contributed by atoms with E-state index in [0.29, 0.717) is 13.1 Å². The number of carbonyl (C=O) groups is 1. The number of carbonyl (C=O) groups excluding carboxylic acids is 1. The van der Waals surface area contributed by atoms with Crippen LogP contribution in [-0.4, -0.2) is 19.0 Å². The molecular weight excluding hydrogens is 262 g/mol. The predicted octanol–water partition coefficient (Wildman–Crippen LogP) is 3.56. The number of rotatable bonds is 5. The number of benzene rings is 1. The monoisotopic (exact) mass is 284 g/mol. The highest BCUT2D eigenvalue weighted by Gasteiger charge is 2.17. The van der Waals surface area contributed by atoms with Gasteiger partial charge in [-0.3, -0.25) is 4.79 Å². The summed E-state index contributed by atoms with van der Waals surface area (Å²) in [5.41, 5.74) is -0.277. The molecule has 1 amide bonds. The van der Waals surface area contributed by atoms with E-state index in [9.17, 15) is 13.6 Å². The molecule has 0 saturated carbocycles. The van der Waals surface area contributed by atoms with Gasteiger partial charge in [-0.05, 0) is 24.0 Å². The highest BCUT2D eigenvalue weighted by molar-refractivity contribution is 5.94. The van der Waals surface area contributed by atoms with Crippen LogP contribution >= 0.6 is 0 Å². The van der Waals surface area contributed by atoms with Crippen molar-refractivity contribution in [3.63, 3.8) is 0 Å². The molecule has 0 heterocycles. The predicted molar refractivity (Wildman–Crippen MR) is 76.9 cm³/mol. The van der Waals surface area contributed by atoms with E-state index in [1.54, 1.807) is 0 Å². The Kier molecular flexibility index (Phi) is 5.48. The van der Waals surface area contributed by atoms with E-state index in [0.717, 1.165) is 18.6 Å². The van der Waals surface area contributed by atoms with Crippen molar-refractivity contribution in [2.45, 2.75) is 34.1 Å². The summed E-state index contributed by atoms with van der Waals surface area (Å²) in [6.07, 6.45) is 0.757. The van der Waals surface area contributed by atoms with E-state index in [2.05, 4.69) is 10.6 Å². The maximum absolute atomic E-state index is 13.8. The van der Waals surface area contributed by atoms with Gasteiger partial charge in [0.25, 0.3) is 5.91 Å². The lowest BCUT2D eigenvalue weighted by Gasteiger charge is -2.19. The Morgan fingerprint density at radius 1 is 1.20 bits per heavy atom. The van der Waals surface area contributed by atoms with Crippen LogP contribution in [0.15, 0.2) is 12.1 Å². The Morgan fingerprint density at radius 3 is 2.20 bits per heavy atom. The van der Waals surface area contributed by atoms with E-state index in [-0.39, 0.29) is 16.7 Å². The van der Waals surface area contributed by atoms with Crippen LogP contribution in [0.1, 0.15) is 44.5 Å². The lowest BCUT2D eigenvalue weighted by Crippen LogP contribution is -2.32.